The van der Waals surface area contributed by atoms with Crippen LogP contribution in [0.1, 0.15) is 29.3 Å². The summed E-state index contributed by atoms with van der Waals surface area (Å²) < 4.78 is 1.33. The van der Waals surface area contributed by atoms with E-state index in [0.29, 0.717) is 11.3 Å². The predicted octanol–water partition coefficient (Wildman–Crippen LogP) is 2.44. The first-order valence-corrected chi connectivity index (χ1v) is 9.93. The van der Waals surface area contributed by atoms with Crippen LogP contribution in [0.4, 0.5) is 0 Å². The van der Waals surface area contributed by atoms with Crippen molar-refractivity contribution in [2.75, 3.05) is 0 Å². The molecule has 0 bridgehead atoms. The van der Waals surface area contributed by atoms with Crippen molar-refractivity contribution in [2.24, 2.45) is 11.0 Å². The fourth-order valence-corrected chi connectivity index (χ4v) is 4.75. The molecule has 0 spiro atoms. The molecule has 0 aliphatic heterocycles. The van der Waals surface area contributed by atoms with E-state index in [1.807, 2.05) is 0 Å². The molecule has 1 aliphatic rings. The van der Waals surface area contributed by atoms with Crippen molar-refractivity contribution >= 4 is 33.7 Å². The monoisotopic (exact) mass is 396 g/mol. The van der Waals surface area contributed by atoms with E-state index in [2.05, 4.69) is 22.4 Å². The number of nitrogens with zero attached hydrogens (tertiary/aromatic N) is 3. The average Bonchev–Trinajstić information content (AvgIpc) is 3.04. The molecule has 7 nitrogen and oxygen atoms in total. The molecule has 144 valence electrons. The number of aromatic nitrogens is 2. The molecule has 0 unspecified atom stereocenters. The van der Waals surface area contributed by atoms with Gasteiger partial charge in [0, 0.05) is 4.88 Å². The first-order valence-electron chi connectivity index (χ1n) is 9.12. The second-order valence-corrected chi connectivity index (χ2v) is 8.18. The maximum absolute atomic E-state index is 12.9. The van der Waals surface area contributed by atoms with Crippen molar-refractivity contribution in [2.45, 2.75) is 32.7 Å². The number of phenolic OH excluding ortho intramolecular Hbond substituents is 1. The van der Waals surface area contributed by atoms with E-state index in [0.717, 1.165) is 35.2 Å². The van der Waals surface area contributed by atoms with Crippen LogP contribution in [0.25, 0.3) is 10.2 Å². The fourth-order valence-electron chi connectivity index (χ4n) is 3.41. The molecule has 1 aromatic carbocycles. The Labute approximate surface area is 165 Å². The number of carbonyl (C=O) groups excluding carboxylic acids is 1. The van der Waals surface area contributed by atoms with Crippen LogP contribution in [0.2, 0.25) is 0 Å². The van der Waals surface area contributed by atoms with Gasteiger partial charge >= 0.3 is 0 Å². The van der Waals surface area contributed by atoms with Gasteiger partial charge in [-0.2, -0.15) is 5.10 Å². The first kappa shape index (κ1) is 18.4. The van der Waals surface area contributed by atoms with Crippen molar-refractivity contribution in [3.63, 3.8) is 0 Å². The zero-order valence-corrected chi connectivity index (χ0v) is 16.2. The van der Waals surface area contributed by atoms with Gasteiger partial charge < -0.3 is 5.11 Å². The van der Waals surface area contributed by atoms with E-state index in [9.17, 15) is 14.7 Å². The molecule has 4 rings (SSSR count). The minimum absolute atomic E-state index is 0.143. The van der Waals surface area contributed by atoms with E-state index < -0.39 is 5.91 Å². The molecule has 0 saturated heterocycles. The zero-order valence-electron chi connectivity index (χ0n) is 15.4. The molecule has 0 radical (unpaired) electrons. The minimum Gasteiger partial charge on any atom is -0.508 e. The molecule has 2 aromatic heterocycles. The third kappa shape index (κ3) is 3.68. The molecule has 1 amide bonds. The topological polar surface area (TPSA) is 96.6 Å². The number of aryl methyl sites for hydroxylation is 1. The summed E-state index contributed by atoms with van der Waals surface area (Å²) in [7, 11) is 0. The normalized spacial score (nSPS) is 16.4. The number of aromatic hydroxyl groups is 1. The number of rotatable bonds is 4. The second kappa shape index (κ2) is 7.55. The largest absolute Gasteiger partial charge is 0.508 e. The van der Waals surface area contributed by atoms with Crippen LogP contribution >= 0.6 is 11.3 Å². The van der Waals surface area contributed by atoms with Crippen molar-refractivity contribution < 1.29 is 9.90 Å². The van der Waals surface area contributed by atoms with E-state index in [1.54, 1.807) is 23.5 Å². The van der Waals surface area contributed by atoms with Gasteiger partial charge in [0.25, 0.3) is 11.5 Å². The maximum Gasteiger partial charge on any atom is 0.262 e. The van der Waals surface area contributed by atoms with Crippen LogP contribution in [0.15, 0.2) is 40.5 Å². The van der Waals surface area contributed by atoms with E-state index in [4.69, 9.17) is 0 Å². The lowest BCUT2D eigenvalue weighted by atomic mass is 9.89. The number of hydrogen-bond acceptors (Lipinski definition) is 6. The Bertz CT molecular complexity index is 1110. The van der Waals surface area contributed by atoms with Gasteiger partial charge in [-0.05, 0) is 60.6 Å². The second-order valence-electron chi connectivity index (χ2n) is 7.09. The standard InChI is InChI=1S/C20H20N4O3S/c1-12-2-7-15-16(8-12)28-19-18(15)20(27)24(11-21-19)10-17(26)23-22-9-13-3-5-14(25)6-4-13/h3-6,9,11-12,25H,2,7-8,10H2,1H3,(H,23,26)/b22-9+/t12-/m0/s1. The molecule has 1 aliphatic carbocycles. The quantitative estimate of drug-likeness (QED) is 0.523. The Kier molecular flexibility index (Phi) is 4.95. The van der Waals surface area contributed by atoms with Gasteiger partial charge in [-0.15, -0.1) is 11.3 Å². The van der Waals surface area contributed by atoms with Gasteiger partial charge in [-0.1, -0.05) is 6.92 Å². The number of carbonyl (C=O) groups is 1. The van der Waals surface area contributed by atoms with E-state index in [-0.39, 0.29) is 17.9 Å². The SMILES string of the molecule is C[C@H]1CCc2c(sc3ncn(CC(=O)N/N=C/c4ccc(O)cc4)c(=O)c23)C1. The van der Waals surface area contributed by atoms with Crippen molar-refractivity contribution in [3.8, 4) is 5.75 Å². The summed E-state index contributed by atoms with van der Waals surface area (Å²) in [5, 5.41) is 13.8. The summed E-state index contributed by atoms with van der Waals surface area (Å²) in [6.07, 6.45) is 5.85. The van der Waals surface area contributed by atoms with E-state index >= 15 is 0 Å². The summed E-state index contributed by atoms with van der Waals surface area (Å²) in [6.45, 7) is 2.08. The molecule has 0 fully saturated rings. The summed E-state index contributed by atoms with van der Waals surface area (Å²) in [5.74, 6) is 0.379. The van der Waals surface area contributed by atoms with Gasteiger partial charge in [0.05, 0.1) is 17.9 Å². The number of hydrogen-bond donors (Lipinski definition) is 2. The van der Waals surface area contributed by atoms with Crippen LogP contribution in [0.3, 0.4) is 0 Å². The molecular formula is C20H20N4O3S. The first-order chi connectivity index (χ1) is 13.5. The number of hydrazone groups is 1. The van der Waals surface area contributed by atoms with E-state index in [1.165, 1.54) is 34.1 Å². The van der Waals surface area contributed by atoms with Gasteiger partial charge in [-0.3, -0.25) is 14.2 Å². The van der Waals surface area contributed by atoms with Crippen molar-refractivity contribution in [1.82, 2.24) is 15.0 Å². The molecule has 0 saturated carbocycles. The highest BCUT2D eigenvalue weighted by molar-refractivity contribution is 7.18. The Hall–Kier alpha value is -3.00. The molecule has 3 aromatic rings. The van der Waals surface area contributed by atoms with Crippen LogP contribution in [-0.4, -0.2) is 26.8 Å². The molecular weight excluding hydrogens is 376 g/mol. The summed E-state index contributed by atoms with van der Waals surface area (Å²) in [6, 6.07) is 6.42. The van der Waals surface area contributed by atoms with Crippen molar-refractivity contribution in [1.29, 1.82) is 0 Å². The minimum atomic E-state index is -0.406. The van der Waals surface area contributed by atoms with Crippen LogP contribution < -0.4 is 11.0 Å². The Balaban J connectivity index is 1.50. The average molecular weight is 396 g/mol. The smallest absolute Gasteiger partial charge is 0.262 e. The molecule has 1 atom stereocenters. The van der Waals surface area contributed by atoms with Crippen LogP contribution in [0.5, 0.6) is 5.75 Å². The molecule has 2 N–H and O–H groups in total. The summed E-state index contributed by atoms with van der Waals surface area (Å²) in [5.41, 5.74) is 4.08. The van der Waals surface area contributed by atoms with Gasteiger partial charge in [0.2, 0.25) is 0 Å². The maximum atomic E-state index is 12.9. The lowest BCUT2D eigenvalue weighted by molar-refractivity contribution is -0.121. The number of nitrogens with one attached hydrogen (secondary N) is 1. The van der Waals surface area contributed by atoms with Crippen LogP contribution in [-0.2, 0) is 24.2 Å². The number of benzene rings is 1. The molecule has 28 heavy (non-hydrogen) atoms. The van der Waals surface area contributed by atoms with Gasteiger partial charge in [-0.25, -0.2) is 10.4 Å². The third-order valence-electron chi connectivity index (χ3n) is 4.89. The highest BCUT2D eigenvalue weighted by atomic mass is 32.1. The summed E-state index contributed by atoms with van der Waals surface area (Å²) >= 11 is 1.59. The number of amides is 1. The number of fused-ring (bicyclic) bond motifs is 3. The van der Waals surface area contributed by atoms with Gasteiger partial charge in [0.1, 0.15) is 17.1 Å². The fraction of sp³-hybridized carbons (Fsp3) is 0.300. The highest BCUT2D eigenvalue weighted by Crippen LogP contribution is 2.35. The zero-order chi connectivity index (χ0) is 19.7. The van der Waals surface area contributed by atoms with Gasteiger partial charge in [0.15, 0.2) is 0 Å². The lowest BCUT2D eigenvalue weighted by Gasteiger charge is -2.17. The number of phenols is 1. The highest BCUT2D eigenvalue weighted by Gasteiger charge is 2.23. The Morgan fingerprint density at radius 1 is 1.43 bits per heavy atom. The molecule has 2 heterocycles. The lowest BCUT2D eigenvalue weighted by Crippen LogP contribution is -2.30. The van der Waals surface area contributed by atoms with Crippen molar-refractivity contribution in [3.05, 3.63) is 57.0 Å². The summed E-state index contributed by atoms with van der Waals surface area (Å²) in [4.78, 5) is 31.5. The molecule has 8 heteroatoms. The predicted molar refractivity (Wildman–Crippen MR) is 109 cm³/mol. The Morgan fingerprint density at radius 3 is 3.00 bits per heavy atom. The Morgan fingerprint density at radius 2 is 2.21 bits per heavy atom. The van der Waals surface area contributed by atoms with Crippen LogP contribution in [0, 0.1) is 5.92 Å². The number of thiophene rings is 1. The third-order valence-corrected chi connectivity index (χ3v) is 6.05.